The van der Waals surface area contributed by atoms with Gasteiger partial charge in [-0.2, -0.15) is 0 Å². The molecule has 0 spiro atoms. The number of nitrogens with zero attached hydrogens (tertiary/aromatic N) is 1. The quantitative estimate of drug-likeness (QED) is 0.358. The first kappa shape index (κ1) is 15.4. The molecule has 1 aromatic rings. The maximum atomic E-state index is 10.9. The Hall–Kier alpha value is -1.66. The first-order valence-corrected chi connectivity index (χ1v) is 6.15. The number of rotatable bonds is 6. The van der Waals surface area contributed by atoms with Crippen LogP contribution in [0.3, 0.4) is 0 Å². The van der Waals surface area contributed by atoms with Crippen molar-refractivity contribution in [3.63, 3.8) is 0 Å². The van der Waals surface area contributed by atoms with Crippen molar-refractivity contribution in [2.45, 2.75) is 33.8 Å². The minimum absolute atomic E-state index is 0.0422. The van der Waals surface area contributed by atoms with Crippen molar-refractivity contribution in [1.82, 2.24) is 0 Å². The van der Waals surface area contributed by atoms with Crippen LogP contribution in [0.5, 0.6) is 0 Å². The molecule has 1 aromatic carbocycles. The van der Waals surface area contributed by atoms with Crippen LogP contribution in [-0.4, -0.2) is 11.5 Å². The minimum atomic E-state index is -0.464. The summed E-state index contributed by atoms with van der Waals surface area (Å²) >= 11 is 0. The normalized spacial score (nSPS) is 11.4. The van der Waals surface area contributed by atoms with E-state index in [-0.39, 0.29) is 11.1 Å². The van der Waals surface area contributed by atoms with Crippen LogP contribution in [0.4, 0.5) is 11.4 Å². The summed E-state index contributed by atoms with van der Waals surface area (Å²) in [6.07, 6.45) is 0.942. The zero-order valence-corrected chi connectivity index (χ0v) is 11.6. The van der Waals surface area contributed by atoms with Gasteiger partial charge in [-0.05, 0) is 23.5 Å². The van der Waals surface area contributed by atoms with E-state index in [1.54, 1.807) is 12.1 Å². The van der Waals surface area contributed by atoms with Crippen LogP contribution in [0.15, 0.2) is 18.2 Å². The molecule has 19 heavy (non-hydrogen) atoms. The fourth-order valence-corrected chi connectivity index (χ4v) is 1.51. The zero-order chi connectivity index (χ0) is 14.5. The summed E-state index contributed by atoms with van der Waals surface area (Å²) < 4.78 is 5.53. The highest BCUT2D eigenvalue weighted by Crippen LogP contribution is 2.25. The lowest BCUT2D eigenvalue weighted by Gasteiger charge is -2.17. The number of anilines is 1. The topological polar surface area (TPSA) is 90.4 Å². The molecule has 0 aliphatic carbocycles. The lowest BCUT2D eigenvalue weighted by molar-refractivity contribution is -0.384. The first-order chi connectivity index (χ1) is 8.83. The molecular formula is C13H21N3O3. The van der Waals surface area contributed by atoms with Gasteiger partial charge < -0.3 is 10.2 Å². The van der Waals surface area contributed by atoms with Crippen molar-refractivity contribution in [3.8, 4) is 0 Å². The van der Waals surface area contributed by atoms with Crippen molar-refractivity contribution < 1.29 is 9.66 Å². The Morgan fingerprint density at radius 1 is 1.42 bits per heavy atom. The average molecular weight is 267 g/mol. The van der Waals surface area contributed by atoms with Crippen molar-refractivity contribution in [2.75, 3.05) is 12.0 Å². The number of hydrogen-bond donors (Lipinski definition) is 2. The van der Waals surface area contributed by atoms with Gasteiger partial charge in [0.05, 0.1) is 11.5 Å². The summed E-state index contributed by atoms with van der Waals surface area (Å²) in [5.74, 6) is 5.22. The molecule has 0 aliphatic heterocycles. The van der Waals surface area contributed by atoms with Crippen LogP contribution in [0, 0.1) is 15.5 Å². The largest absolute Gasteiger partial charge is 0.377 e. The molecule has 1 rings (SSSR count). The Kier molecular flexibility index (Phi) is 5.26. The van der Waals surface area contributed by atoms with Gasteiger partial charge >= 0.3 is 0 Å². The van der Waals surface area contributed by atoms with Crippen molar-refractivity contribution in [3.05, 3.63) is 33.9 Å². The smallest absolute Gasteiger partial charge is 0.294 e. The van der Waals surface area contributed by atoms with Gasteiger partial charge in [0.2, 0.25) is 0 Å². The molecule has 6 nitrogen and oxygen atoms in total. The van der Waals surface area contributed by atoms with Gasteiger partial charge in [0.25, 0.3) is 5.69 Å². The molecule has 0 amide bonds. The lowest BCUT2D eigenvalue weighted by atomic mass is 9.93. The van der Waals surface area contributed by atoms with E-state index >= 15 is 0 Å². The highest BCUT2D eigenvalue weighted by molar-refractivity contribution is 5.61. The SMILES string of the molecule is CC(C)(C)CCOCc1ccc(NN)c([N+](=O)[O-])c1. The first-order valence-electron chi connectivity index (χ1n) is 6.15. The molecule has 0 unspecified atom stereocenters. The van der Waals surface area contributed by atoms with Gasteiger partial charge in [-0.15, -0.1) is 0 Å². The second-order valence-corrected chi connectivity index (χ2v) is 5.62. The van der Waals surface area contributed by atoms with Gasteiger partial charge in [0.15, 0.2) is 0 Å². The van der Waals surface area contributed by atoms with Crippen molar-refractivity contribution in [2.24, 2.45) is 11.3 Å². The zero-order valence-electron chi connectivity index (χ0n) is 11.6. The number of nitro benzene ring substituents is 1. The van der Waals surface area contributed by atoms with E-state index in [4.69, 9.17) is 10.6 Å². The molecule has 0 atom stereocenters. The van der Waals surface area contributed by atoms with Crippen LogP contribution in [0.25, 0.3) is 0 Å². The number of nitrogen functional groups attached to an aromatic ring is 1. The van der Waals surface area contributed by atoms with Gasteiger partial charge in [-0.25, -0.2) is 0 Å². The van der Waals surface area contributed by atoms with E-state index in [9.17, 15) is 10.1 Å². The Labute approximate surface area is 113 Å². The van der Waals surface area contributed by atoms with Crippen molar-refractivity contribution >= 4 is 11.4 Å². The highest BCUT2D eigenvalue weighted by Gasteiger charge is 2.14. The maximum absolute atomic E-state index is 10.9. The molecule has 0 bridgehead atoms. The maximum Gasteiger partial charge on any atom is 0.294 e. The molecule has 3 N–H and O–H groups in total. The number of hydrogen-bond acceptors (Lipinski definition) is 5. The number of nitrogens with two attached hydrogens (primary N) is 1. The number of nitrogens with one attached hydrogen (secondary N) is 1. The number of benzene rings is 1. The predicted octanol–water partition coefficient (Wildman–Crippen LogP) is 2.83. The molecule has 0 fully saturated rings. The molecule has 0 aliphatic rings. The predicted molar refractivity (Wildman–Crippen MR) is 74.6 cm³/mol. The summed E-state index contributed by atoms with van der Waals surface area (Å²) in [5, 5.41) is 10.9. The second kappa shape index (κ2) is 6.49. The minimum Gasteiger partial charge on any atom is -0.377 e. The van der Waals surface area contributed by atoms with Crippen LogP contribution >= 0.6 is 0 Å². The highest BCUT2D eigenvalue weighted by atomic mass is 16.6. The van der Waals surface area contributed by atoms with Crippen molar-refractivity contribution in [1.29, 1.82) is 0 Å². The fraction of sp³-hybridized carbons (Fsp3) is 0.538. The molecule has 0 radical (unpaired) electrons. The van der Waals surface area contributed by atoms with E-state index in [1.807, 2.05) is 0 Å². The second-order valence-electron chi connectivity index (χ2n) is 5.62. The summed E-state index contributed by atoms with van der Waals surface area (Å²) in [6.45, 7) is 7.42. The van der Waals surface area contributed by atoms with Gasteiger partial charge in [-0.1, -0.05) is 26.8 Å². The van der Waals surface area contributed by atoms with E-state index in [0.717, 1.165) is 12.0 Å². The molecule has 6 heteroatoms. The summed E-state index contributed by atoms with van der Waals surface area (Å²) in [5.41, 5.74) is 3.55. The van der Waals surface area contributed by atoms with E-state index in [0.29, 0.717) is 18.9 Å². The average Bonchev–Trinajstić information content (AvgIpc) is 2.33. The molecule has 0 saturated carbocycles. The third-order valence-corrected chi connectivity index (χ3v) is 2.68. The van der Waals surface area contributed by atoms with Crippen LogP contribution in [0.1, 0.15) is 32.8 Å². The van der Waals surface area contributed by atoms with Gasteiger partial charge in [0, 0.05) is 12.7 Å². The fourth-order valence-electron chi connectivity index (χ4n) is 1.51. The lowest BCUT2D eigenvalue weighted by Crippen LogP contribution is -2.10. The van der Waals surface area contributed by atoms with Gasteiger partial charge in [0.1, 0.15) is 5.69 Å². The number of ether oxygens (including phenoxy) is 1. The van der Waals surface area contributed by atoms with Gasteiger partial charge in [-0.3, -0.25) is 16.0 Å². The standard InChI is InChI=1S/C13H21N3O3/c1-13(2,3)6-7-19-9-10-4-5-11(15-14)12(8-10)16(17)18/h4-5,8,15H,6-7,9,14H2,1-3H3. The van der Waals surface area contributed by atoms with E-state index < -0.39 is 4.92 Å². The Bertz CT molecular complexity index is 441. The number of nitro groups is 1. The Morgan fingerprint density at radius 2 is 2.11 bits per heavy atom. The van der Waals surface area contributed by atoms with E-state index in [1.165, 1.54) is 6.07 Å². The Balaban J connectivity index is 2.60. The van der Waals surface area contributed by atoms with Crippen LogP contribution in [0.2, 0.25) is 0 Å². The summed E-state index contributed by atoms with van der Waals surface area (Å²) in [4.78, 5) is 10.4. The summed E-state index contributed by atoms with van der Waals surface area (Å²) in [6, 6.07) is 4.83. The Morgan fingerprint density at radius 3 is 2.63 bits per heavy atom. The third-order valence-electron chi connectivity index (χ3n) is 2.68. The van der Waals surface area contributed by atoms with Crippen LogP contribution < -0.4 is 11.3 Å². The molecule has 0 aromatic heterocycles. The molecule has 0 heterocycles. The molecule has 106 valence electrons. The monoisotopic (exact) mass is 267 g/mol. The third kappa shape index (κ3) is 5.23. The molecule has 0 saturated heterocycles. The van der Waals surface area contributed by atoms with E-state index in [2.05, 4.69) is 26.2 Å². The number of hydrazine groups is 1. The van der Waals surface area contributed by atoms with Crippen LogP contribution in [-0.2, 0) is 11.3 Å². The molecular weight excluding hydrogens is 246 g/mol. The summed E-state index contributed by atoms with van der Waals surface area (Å²) in [7, 11) is 0.